The number of nitrogens with two attached hydrogens (primary N) is 1. The van der Waals surface area contributed by atoms with Crippen molar-refractivity contribution in [2.45, 2.75) is 13.8 Å². The van der Waals surface area contributed by atoms with Gasteiger partial charge in [0.05, 0.1) is 22.6 Å². The Morgan fingerprint density at radius 1 is 1.24 bits per heavy atom. The Labute approximate surface area is 106 Å². The summed E-state index contributed by atoms with van der Waals surface area (Å²) in [6.45, 7) is 3.94. The predicted octanol–water partition coefficient (Wildman–Crippen LogP) is 3.68. The maximum atomic E-state index is 6.14. The van der Waals surface area contributed by atoms with Crippen LogP contribution >= 0.6 is 11.6 Å². The number of halogens is 1. The molecule has 0 aliphatic carbocycles. The second kappa shape index (κ2) is 4.63. The highest BCUT2D eigenvalue weighted by Crippen LogP contribution is 2.28. The summed E-state index contributed by atoms with van der Waals surface area (Å²) in [6.07, 6.45) is 1.64. The fraction of sp³-hybridized carbons (Fsp3) is 0.154. The van der Waals surface area contributed by atoms with E-state index in [9.17, 15) is 0 Å². The third-order valence-electron chi connectivity index (χ3n) is 2.63. The number of aryl methyl sites for hydroxylation is 2. The molecule has 0 radical (unpaired) electrons. The number of nitrogens with zero attached hydrogens (tertiary/aromatic N) is 1. The van der Waals surface area contributed by atoms with E-state index in [2.05, 4.69) is 10.3 Å². The second-order valence-electron chi connectivity index (χ2n) is 3.98. The summed E-state index contributed by atoms with van der Waals surface area (Å²) in [4.78, 5) is 4.22. The van der Waals surface area contributed by atoms with Crippen LogP contribution in [-0.4, -0.2) is 4.98 Å². The van der Waals surface area contributed by atoms with Gasteiger partial charge in [-0.25, -0.2) is 4.98 Å². The van der Waals surface area contributed by atoms with Gasteiger partial charge in [0.1, 0.15) is 5.82 Å². The topological polar surface area (TPSA) is 50.9 Å². The predicted molar refractivity (Wildman–Crippen MR) is 72.9 cm³/mol. The summed E-state index contributed by atoms with van der Waals surface area (Å²) < 4.78 is 0. The minimum Gasteiger partial charge on any atom is -0.397 e. The monoisotopic (exact) mass is 247 g/mol. The molecule has 0 saturated heterocycles. The van der Waals surface area contributed by atoms with Gasteiger partial charge < -0.3 is 11.1 Å². The lowest BCUT2D eigenvalue weighted by atomic mass is 10.2. The zero-order chi connectivity index (χ0) is 12.4. The highest BCUT2D eigenvalue weighted by molar-refractivity contribution is 6.33. The number of anilines is 3. The molecule has 3 nitrogen and oxygen atoms in total. The normalized spacial score (nSPS) is 10.3. The molecule has 0 aliphatic heterocycles. The van der Waals surface area contributed by atoms with Crippen molar-refractivity contribution in [1.82, 2.24) is 4.98 Å². The lowest BCUT2D eigenvalue weighted by molar-refractivity contribution is 1.27. The van der Waals surface area contributed by atoms with Crippen LogP contribution in [-0.2, 0) is 0 Å². The fourth-order valence-electron chi connectivity index (χ4n) is 1.55. The van der Waals surface area contributed by atoms with Gasteiger partial charge in [-0.05, 0) is 37.1 Å². The van der Waals surface area contributed by atoms with E-state index >= 15 is 0 Å². The summed E-state index contributed by atoms with van der Waals surface area (Å²) in [5, 5.41) is 3.89. The number of nitrogen functional groups attached to an aromatic ring is 1. The van der Waals surface area contributed by atoms with Crippen molar-refractivity contribution < 1.29 is 0 Å². The molecule has 0 aliphatic rings. The standard InChI is InChI=1S/C13H14ClN3/c1-8-4-3-5-10(14)13(8)17-12-6-9(2)11(15)7-16-12/h3-7H,15H2,1-2H3,(H,16,17). The first-order chi connectivity index (χ1) is 8.08. The summed E-state index contributed by atoms with van der Waals surface area (Å²) >= 11 is 6.14. The molecule has 0 spiro atoms. The van der Waals surface area contributed by atoms with Crippen LogP contribution in [0.3, 0.4) is 0 Å². The van der Waals surface area contributed by atoms with Crippen molar-refractivity contribution in [3.05, 3.63) is 46.6 Å². The smallest absolute Gasteiger partial charge is 0.130 e. The third-order valence-corrected chi connectivity index (χ3v) is 2.94. The van der Waals surface area contributed by atoms with Crippen LogP contribution in [0, 0.1) is 13.8 Å². The highest BCUT2D eigenvalue weighted by Gasteiger charge is 2.05. The van der Waals surface area contributed by atoms with Crippen LogP contribution in [0.4, 0.5) is 17.2 Å². The molecule has 1 heterocycles. The van der Waals surface area contributed by atoms with Gasteiger partial charge in [0.2, 0.25) is 0 Å². The van der Waals surface area contributed by atoms with Gasteiger partial charge in [-0.1, -0.05) is 23.7 Å². The van der Waals surface area contributed by atoms with Crippen LogP contribution in [0.15, 0.2) is 30.5 Å². The van der Waals surface area contributed by atoms with Crippen molar-refractivity contribution in [2.24, 2.45) is 0 Å². The number of aromatic nitrogens is 1. The zero-order valence-electron chi connectivity index (χ0n) is 9.79. The van der Waals surface area contributed by atoms with Crippen LogP contribution in [0.1, 0.15) is 11.1 Å². The van der Waals surface area contributed by atoms with Crippen LogP contribution in [0.25, 0.3) is 0 Å². The van der Waals surface area contributed by atoms with Crippen molar-refractivity contribution in [3.63, 3.8) is 0 Å². The molecule has 0 amide bonds. The molecule has 0 unspecified atom stereocenters. The highest BCUT2D eigenvalue weighted by atomic mass is 35.5. The lowest BCUT2D eigenvalue weighted by Crippen LogP contribution is -1.99. The molecule has 3 N–H and O–H groups in total. The molecule has 88 valence electrons. The van der Waals surface area contributed by atoms with E-state index in [1.54, 1.807) is 6.20 Å². The van der Waals surface area contributed by atoms with E-state index < -0.39 is 0 Å². The summed E-state index contributed by atoms with van der Waals surface area (Å²) in [5.41, 5.74) is 9.36. The van der Waals surface area contributed by atoms with Gasteiger partial charge in [0.15, 0.2) is 0 Å². The Morgan fingerprint density at radius 2 is 2.00 bits per heavy atom. The van der Waals surface area contributed by atoms with Gasteiger partial charge in [-0.2, -0.15) is 0 Å². The van der Waals surface area contributed by atoms with E-state index in [0.717, 1.165) is 22.6 Å². The number of pyridine rings is 1. The maximum absolute atomic E-state index is 6.14. The Morgan fingerprint density at radius 3 is 2.65 bits per heavy atom. The quantitative estimate of drug-likeness (QED) is 0.851. The first-order valence-electron chi connectivity index (χ1n) is 5.32. The SMILES string of the molecule is Cc1cc(Nc2c(C)cccc2Cl)ncc1N. The van der Waals surface area contributed by atoms with E-state index in [0.29, 0.717) is 10.7 Å². The zero-order valence-corrected chi connectivity index (χ0v) is 10.5. The van der Waals surface area contributed by atoms with Crippen LogP contribution in [0.5, 0.6) is 0 Å². The van der Waals surface area contributed by atoms with E-state index in [4.69, 9.17) is 17.3 Å². The molecule has 17 heavy (non-hydrogen) atoms. The number of rotatable bonds is 2. The lowest BCUT2D eigenvalue weighted by Gasteiger charge is -2.11. The van der Waals surface area contributed by atoms with Gasteiger partial charge in [0.25, 0.3) is 0 Å². The van der Waals surface area contributed by atoms with Gasteiger partial charge in [0, 0.05) is 0 Å². The van der Waals surface area contributed by atoms with E-state index in [1.165, 1.54) is 0 Å². The second-order valence-corrected chi connectivity index (χ2v) is 4.39. The fourth-order valence-corrected chi connectivity index (χ4v) is 1.82. The molecule has 0 fully saturated rings. The molecule has 2 rings (SSSR count). The number of para-hydroxylation sites is 1. The summed E-state index contributed by atoms with van der Waals surface area (Å²) in [6, 6.07) is 7.67. The molecule has 0 saturated carbocycles. The van der Waals surface area contributed by atoms with Crippen molar-refractivity contribution in [1.29, 1.82) is 0 Å². The molecular weight excluding hydrogens is 234 g/mol. The van der Waals surface area contributed by atoms with Gasteiger partial charge in [-0.3, -0.25) is 0 Å². The maximum Gasteiger partial charge on any atom is 0.130 e. The number of nitrogens with one attached hydrogen (secondary N) is 1. The first kappa shape index (κ1) is 11.7. The Hall–Kier alpha value is -1.74. The van der Waals surface area contributed by atoms with E-state index in [-0.39, 0.29) is 0 Å². The summed E-state index contributed by atoms with van der Waals surface area (Å²) in [7, 11) is 0. The number of hydrogen-bond donors (Lipinski definition) is 2. The van der Waals surface area contributed by atoms with Crippen molar-refractivity contribution >= 4 is 28.8 Å². The third kappa shape index (κ3) is 2.50. The van der Waals surface area contributed by atoms with Crippen LogP contribution < -0.4 is 11.1 Å². The first-order valence-corrected chi connectivity index (χ1v) is 5.70. The van der Waals surface area contributed by atoms with Gasteiger partial charge >= 0.3 is 0 Å². The summed E-state index contributed by atoms with van der Waals surface area (Å²) in [5.74, 6) is 0.743. The Balaban J connectivity index is 2.35. The average Bonchev–Trinajstić information content (AvgIpc) is 2.28. The number of hydrogen-bond acceptors (Lipinski definition) is 3. The molecule has 4 heteroatoms. The Kier molecular flexibility index (Phi) is 3.20. The largest absolute Gasteiger partial charge is 0.397 e. The van der Waals surface area contributed by atoms with Gasteiger partial charge in [-0.15, -0.1) is 0 Å². The molecule has 1 aromatic carbocycles. The molecular formula is C13H14ClN3. The molecule has 0 bridgehead atoms. The van der Waals surface area contributed by atoms with Crippen molar-refractivity contribution in [3.8, 4) is 0 Å². The molecule has 2 aromatic rings. The van der Waals surface area contributed by atoms with E-state index in [1.807, 2.05) is 38.1 Å². The molecule has 1 aromatic heterocycles. The minimum absolute atomic E-state index is 0.682. The molecule has 0 atom stereocenters. The van der Waals surface area contributed by atoms with Crippen molar-refractivity contribution in [2.75, 3.05) is 11.1 Å². The number of benzene rings is 1. The Bertz CT molecular complexity index is 532. The minimum atomic E-state index is 0.682. The average molecular weight is 248 g/mol. The van der Waals surface area contributed by atoms with Crippen LogP contribution in [0.2, 0.25) is 5.02 Å².